The molecule has 0 spiro atoms. The summed E-state index contributed by atoms with van der Waals surface area (Å²) in [5, 5.41) is 10.9. The average Bonchev–Trinajstić information content (AvgIpc) is 2.73. The van der Waals surface area contributed by atoms with Gasteiger partial charge in [-0.2, -0.15) is 0 Å². The third-order valence-corrected chi connectivity index (χ3v) is 7.44. The molecule has 2 heterocycles. The monoisotopic (exact) mass is 410 g/mol. The fourth-order valence-corrected chi connectivity index (χ4v) is 4.94. The van der Waals surface area contributed by atoms with Crippen LogP contribution >= 0.6 is 0 Å². The lowest BCUT2D eigenvalue weighted by molar-refractivity contribution is -0.384. The Morgan fingerprint density at radius 2 is 1.79 bits per heavy atom. The minimum absolute atomic E-state index is 0.0600. The number of hydrogen-bond acceptors (Lipinski definition) is 6. The van der Waals surface area contributed by atoms with E-state index in [0.29, 0.717) is 52.1 Å². The van der Waals surface area contributed by atoms with E-state index in [1.807, 2.05) is 15.9 Å². The van der Waals surface area contributed by atoms with Gasteiger partial charge in [0.15, 0.2) is 0 Å². The van der Waals surface area contributed by atoms with Gasteiger partial charge in [-0.15, -0.1) is 0 Å². The highest BCUT2D eigenvalue weighted by atomic mass is 32.2. The zero-order valence-corrected chi connectivity index (χ0v) is 16.8. The Balaban J connectivity index is 1.53. The molecule has 2 aliphatic rings. The molecule has 0 saturated carbocycles. The van der Waals surface area contributed by atoms with Crippen molar-refractivity contribution >= 4 is 27.3 Å². The molecule has 0 atom stereocenters. The van der Waals surface area contributed by atoms with Gasteiger partial charge in [0.05, 0.1) is 10.7 Å². The maximum absolute atomic E-state index is 12.8. The van der Waals surface area contributed by atoms with Crippen molar-refractivity contribution in [2.75, 3.05) is 49.9 Å². The Morgan fingerprint density at radius 3 is 2.36 bits per heavy atom. The van der Waals surface area contributed by atoms with Crippen molar-refractivity contribution in [3.8, 4) is 0 Å². The molecule has 0 N–H and O–H groups in total. The van der Waals surface area contributed by atoms with Crippen LogP contribution in [-0.2, 0) is 14.8 Å². The van der Waals surface area contributed by atoms with Crippen molar-refractivity contribution in [2.45, 2.75) is 19.8 Å². The summed E-state index contributed by atoms with van der Waals surface area (Å²) in [6, 6.07) is 6.53. The summed E-state index contributed by atoms with van der Waals surface area (Å²) in [5.41, 5.74) is 0.851. The third kappa shape index (κ3) is 4.44. The van der Waals surface area contributed by atoms with Crippen LogP contribution in [0.2, 0.25) is 0 Å². The van der Waals surface area contributed by atoms with Crippen molar-refractivity contribution in [1.82, 2.24) is 9.21 Å². The van der Waals surface area contributed by atoms with Crippen molar-refractivity contribution in [3.63, 3.8) is 0 Å². The molecule has 2 aliphatic heterocycles. The van der Waals surface area contributed by atoms with Crippen LogP contribution in [0.25, 0.3) is 0 Å². The first-order valence-electron chi connectivity index (χ1n) is 9.58. The van der Waals surface area contributed by atoms with E-state index in [9.17, 15) is 23.3 Å². The average molecular weight is 410 g/mol. The molecule has 2 saturated heterocycles. The van der Waals surface area contributed by atoms with Crippen LogP contribution in [-0.4, -0.2) is 73.5 Å². The first-order valence-corrected chi connectivity index (χ1v) is 11.2. The van der Waals surface area contributed by atoms with Crippen molar-refractivity contribution < 1.29 is 18.1 Å². The minimum atomic E-state index is -3.19. The van der Waals surface area contributed by atoms with Crippen molar-refractivity contribution in [3.05, 3.63) is 34.4 Å². The highest BCUT2D eigenvalue weighted by Gasteiger charge is 2.33. The van der Waals surface area contributed by atoms with E-state index in [2.05, 4.69) is 0 Å². The van der Waals surface area contributed by atoms with E-state index in [1.165, 1.54) is 10.4 Å². The first-order chi connectivity index (χ1) is 13.3. The second-order valence-electron chi connectivity index (χ2n) is 7.16. The number of carbonyl (C=O) groups is 1. The zero-order valence-electron chi connectivity index (χ0n) is 16.0. The highest BCUT2D eigenvalue weighted by molar-refractivity contribution is 7.89. The lowest BCUT2D eigenvalue weighted by atomic mass is 9.96. The summed E-state index contributed by atoms with van der Waals surface area (Å²) < 4.78 is 25.4. The summed E-state index contributed by atoms with van der Waals surface area (Å²) in [6.07, 6.45) is 1.12. The number of anilines is 1. The van der Waals surface area contributed by atoms with Gasteiger partial charge in [-0.1, -0.05) is 6.07 Å². The number of hydrogen-bond donors (Lipinski definition) is 0. The van der Waals surface area contributed by atoms with Crippen LogP contribution in [0.4, 0.5) is 11.4 Å². The maximum Gasteiger partial charge on any atom is 0.271 e. The molecule has 154 valence electrons. The SMILES string of the molecule is CCS(=O)(=O)N1CCC(C(=O)N2CCN(c3cccc([N+](=O)[O-])c3)CC2)CC1. The molecule has 1 amide bonds. The minimum Gasteiger partial charge on any atom is -0.368 e. The number of piperazine rings is 1. The van der Waals surface area contributed by atoms with Crippen LogP contribution in [0.15, 0.2) is 24.3 Å². The van der Waals surface area contributed by atoms with Gasteiger partial charge >= 0.3 is 0 Å². The van der Waals surface area contributed by atoms with E-state index in [-0.39, 0.29) is 23.3 Å². The lowest BCUT2D eigenvalue weighted by Gasteiger charge is -2.39. The predicted molar refractivity (Wildman–Crippen MR) is 106 cm³/mol. The van der Waals surface area contributed by atoms with Gasteiger partial charge in [0.1, 0.15) is 0 Å². The standard InChI is InChI=1S/C18H26N4O5S/c1-2-28(26,27)21-8-6-15(7-9-21)18(23)20-12-10-19(11-13-20)16-4-3-5-17(14-16)22(24)25/h3-5,14-15H,2,6-13H2,1H3. The number of nitro groups is 1. The molecule has 2 fully saturated rings. The summed E-state index contributed by atoms with van der Waals surface area (Å²) in [6.45, 7) is 4.81. The summed E-state index contributed by atoms with van der Waals surface area (Å²) >= 11 is 0. The van der Waals surface area contributed by atoms with Crippen LogP contribution < -0.4 is 4.90 Å². The predicted octanol–water partition coefficient (Wildman–Crippen LogP) is 1.31. The fraction of sp³-hybridized carbons (Fsp3) is 0.611. The molecule has 28 heavy (non-hydrogen) atoms. The number of nitro benzene ring substituents is 1. The summed E-state index contributed by atoms with van der Waals surface area (Å²) in [4.78, 5) is 27.2. The largest absolute Gasteiger partial charge is 0.368 e. The third-order valence-electron chi connectivity index (χ3n) is 5.56. The maximum atomic E-state index is 12.8. The molecular weight excluding hydrogens is 384 g/mol. The van der Waals surface area contributed by atoms with E-state index in [1.54, 1.807) is 19.1 Å². The van der Waals surface area contributed by atoms with Gasteiger partial charge in [-0.25, -0.2) is 12.7 Å². The summed E-state index contributed by atoms with van der Waals surface area (Å²) in [5.74, 6) is 0.0468. The second-order valence-corrected chi connectivity index (χ2v) is 9.42. The lowest BCUT2D eigenvalue weighted by Crippen LogP contribution is -2.52. The van der Waals surface area contributed by atoms with E-state index < -0.39 is 14.9 Å². The van der Waals surface area contributed by atoms with Gasteiger partial charge < -0.3 is 9.80 Å². The van der Waals surface area contributed by atoms with Crippen LogP contribution in [0.5, 0.6) is 0 Å². The Kier molecular flexibility index (Phi) is 6.19. The molecule has 9 nitrogen and oxygen atoms in total. The van der Waals surface area contributed by atoms with Crippen LogP contribution in [0.1, 0.15) is 19.8 Å². The normalized spacial score (nSPS) is 19.6. The molecule has 3 rings (SSSR count). The quantitative estimate of drug-likeness (QED) is 0.535. The topological polar surface area (TPSA) is 104 Å². The Bertz CT molecular complexity index is 828. The summed E-state index contributed by atoms with van der Waals surface area (Å²) in [7, 11) is -3.19. The number of piperidine rings is 1. The highest BCUT2D eigenvalue weighted by Crippen LogP contribution is 2.25. The van der Waals surface area contributed by atoms with E-state index in [0.717, 1.165) is 5.69 Å². The Hall–Kier alpha value is -2.20. The van der Waals surface area contributed by atoms with E-state index in [4.69, 9.17) is 0 Å². The van der Waals surface area contributed by atoms with Crippen molar-refractivity contribution in [2.24, 2.45) is 5.92 Å². The molecule has 0 radical (unpaired) electrons. The second kappa shape index (κ2) is 8.44. The molecule has 1 aromatic carbocycles. The zero-order chi connectivity index (χ0) is 20.3. The smallest absolute Gasteiger partial charge is 0.271 e. The molecular formula is C18H26N4O5S. The Morgan fingerprint density at radius 1 is 1.14 bits per heavy atom. The van der Waals surface area contributed by atoms with Gasteiger partial charge in [-0.3, -0.25) is 14.9 Å². The number of benzene rings is 1. The molecule has 0 unspecified atom stereocenters. The molecule has 1 aromatic rings. The van der Waals surface area contributed by atoms with Crippen LogP contribution in [0, 0.1) is 16.0 Å². The molecule has 0 bridgehead atoms. The molecule has 0 aliphatic carbocycles. The van der Waals surface area contributed by atoms with E-state index >= 15 is 0 Å². The Labute approximate surface area is 165 Å². The number of carbonyl (C=O) groups excluding carboxylic acids is 1. The number of rotatable bonds is 5. The molecule has 10 heteroatoms. The number of amides is 1. The number of non-ortho nitro benzene ring substituents is 1. The van der Waals surface area contributed by atoms with Crippen molar-refractivity contribution in [1.29, 1.82) is 0 Å². The number of sulfonamides is 1. The van der Waals surface area contributed by atoms with Gasteiger partial charge in [-0.05, 0) is 25.8 Å². The molecule has 0 aromatic heterocycles. The first kappa shape index (κ1) is 20.5. The number of nitrogens with zero attached hydrogens (tertiary/aromatic N) is 4. The fourth-order valence-electron chi connectivity index (χ4n) is 3.81. The van der Waals surface area contributed by atoms with Gasteiger partial charge in [0.2, 0.25) is 15.9 Å². The van der Waals surface area contributed by atoms with Gasteiger partial charge in [0, 0.05) is 63.0 Å². The van der Waals surface area contributed by atoms with Crippen LogP contribution in [0.3, 0.4) is 0 Å². The van der Waals surface area contributed by atoms with Gasteiger partial charge in [0.25, 0.3) is 5.69 Å².